The Hall–Kier alpha value is -2.40. The van der Waals surface area contributed by atoms with E-state index in [-0.39, 0.29) is 18.6 Å². The molecule has 5 nitrogen and oxygen atoms in total. The maximum Gasteiger partial charge on any atom is 0.318 e. The molecular weight excluding hydrogens is 278 g/mol. The van der Waals surface area contributed by atoms with Gasteiger partial charge < -0.3 is 15.3 Å². The predicted molar refractivity (Wildman–Crippen MR) is 85.4 cm³/mol. The Kier molecular flexibility index (Phi) is 5.49. The van der Waals surface area contributed by atoms with E-state index in [1.807, 2.05) is 48.5 Å². The van der Waals surface area contributed by atoms with Crippen LogP contribution in [0.3, 0.4) is 0 Å². The van der Waals surface area contributed by atoms with Crippen molar-refractivity contribution in [3.8, 4) is 0 Å². The molecule has 2 aromatic rings. The summed E-state index contributed by atoms with van der Waals surface area (Å²) in [7, 11) is 1.66. The largest absolute Gasteiger partial charge is 0.392 e. The molecule has 0 saturated carbocycles. The lowest BCUT2D eigenvalue weighted by molar-refractivity contribution is 0.143. The first-order valence-corrected chi connectivity index (χ1v) is 7.23. The molecule has 0 fully saturated rings. The Morgan fingerprint density at radius 3 is 2.50 bits per heavy atom. The van der Waals surface area contributed by atoms with Crippen LogP contribution in [0.1, 0.15) is 24.2 Å². The van der Waals surface area contributed by atoms with Crippen LogP contribution in [-0.2, 0) is 0 Å². The number of benzene rings is 1. The van der Waals surface area contributed by atoms with Gasteiger partial charge in [0, 0.05) is 19.8 Å². The number of aliphatic hydroxyl groups excluding tert-OH is 1. The van der Waals surface area contributed by atoms with Gasteiger partial charge in [-0.3, -0.25) is 4.98 Å². The number of hydrogen-bond donors (Lipinski definition) is 2. The van der Waals surface area contributed by atoms with Crippen LogP contribution < -0.4 is 5.32 Å². The van der Waals surface area contributed by atoms with Gasteiger partial charge in [-0.2, -0.15) is 0 Å². The number of rotatable bonds is 5. The predicted octanol–water partition coefficient (Wildman–Crippen LogP) is 2.19. The third-order valence-electron chi connectivity index (χ3n) is 3.27. The maximum atomic E-state index is 12.3. The van der Waals surface area contributed by atoms with Crippen LogP contribution in [0.2, 0.25) is 0 Å². The molecule has 1 aromatic heterocycles. The van der Waals surface area contributed by atoms with Gasteiger partial charge in [0.25, 0.3) is 0 Å². The van der Waals surface area contributed by atoms with Gasteiger partial charge in [-0.15, -0.1) is 0 Å². The van der Waals surface area contributed by atoms with E-state index < -0.39 is 6.10 Å². The fraction of sp³-hybridized carbons (Fsp3) is 0.294. The topological polar surface area (TPSA) is 65.5 Å². The quantitative estimate of drug-likeness (QED) is 0.889. The van der Waals surface area contributed by atoms with E-state index in [9.17, 15) is 9.90 Å². The Bertz CT molecular complexity index is 548. The van der Waals surface area contributed by atoms with Crippen molar-refractivity contribution in [2.24, 2.45) is 0 Å². The minimum atomic E-state index is -0.569. The maximum absolute atomic E-state index is 12.3. The highest BCUT2D eigenvalue weighted by Crippen LogP contribution is 2.20. The number of amides is 2. The molecule has 0 aliphatic carbocycles. The van der Waals surface area contributed by atoms with Gasteiger partial charge in [0.2, 0.25) is 0 Å². The molecular formula is C17H21N3O2. The summed E-state index contributed by atoms with van der Waals surface area (Å²) in [6, 6.07) is 14.7. The number of carbonyl (C=O) groups excluding carboxylic acids is 1. The Balaban J connectivity index is 2.21. The van der Waals surface area contributed by atoms with E-state index in [4.69, 9.17) is 0 Å². The Morgan fingerprint density at radius 1 is 1.23 bits per heavy atom. The van der Waals surface area contributed by atoms with E-state index in [0.29, 0.717) is 0 Å². The van der Waals surface area contributed by atoms with Crippen LogP contribution in [0, 0.1) is 0 Å². The fourth-order valence-electron chi connectivity index (χ4n) is 2.23. The van der Waals surface area contributed by atoms with Gasteiger partial charge in [-0.25, -0.2) is 4.79 Å². The van der Waals surface area contributed by atoms with Crippen LogP contribution in [0.25, 0.3) is 0 Å². The van der Waals surface area contributed by atoms with Crippen LogP contribution in [0.15, 0.2) is 54.7 Å². The first-order chi connectivity index (χ1) is 10.6. The highest BCUT2D eigenvalue weighted by Gasteiger charge is 2.20. The molecule has 0 bridgehead atoms. The second-order valence-electron chi connectivity index (χ2n) is 5.28. The zero-order valence-corrected chi connectivity index (χ0v) is 12.8. The number of nitrogens with one attached hydrogen (secondary N) is 1. The molecule has 2 atom stereocenters. The van der Waals surface area contributed by atoms with Crippen molar-refractivity contribution in [3.05, 3.63) is 66.0 Å². The van der Waals surface area contributed by atoms with E-state index >= 15 is 0 Å². The van der Waals surface area contributed by atoms with Crippen molar-refractivity contribution in [2.75, 3.05) is 13.6 Å². The highest BCUT2D eigenvalue weighted by molar-refractivity contribution is 5.75. The Labute approximate surface area is 130 Å². The molecule has 0 aliphatic rings. The summed E-state index contributed by atoms with van der Waals surface area (Å²) in [5.74, 6) is 0. The van der Waals surface area contributed by atoms with E-state index in [1.165, 1.54) is 4.90 Å². The minimum Gasteiger partial charge on any atom is -0.392 e. The summed E-state index contributed by atoms with van der Waals surface area (Å²) in [6.45, 7) is 1.92. The molecule has 2 N–H and O–H groups in total. The summed E-state index contributed by atoms with van der Waals surface area (Å²) in [5, 5.41) is 12.4. The molecule has 116 valence electrons. The number of urea groups is 1. The van der Waals surface area contributed by atoms with Gasteiger partial charge in [-0.05, 0) is 24.6 Å². The number of aliphatic hydroxyl groups is 1. The van der Waals surface area contributed by atoms with Crippen LogP contribution >= 0.6 is 0 Å². The van der Waals surface area contributed by atoms with E-state index in [1.54, 1.807) is 20.2 Å². The molecule has 2 amide bonds. The number of aromatic nitrogens is 1. The lowest BCUT2D eigenvalue weighted by atomic mass is 10.0. The van der Waals surface area contributed by atoms with Crippen LogP contribution in [0.4, 0.5) is 4.79 Å². The molecule has 1 heterocycles. The zero-order valence-electron chi connectivity index (χ0n) is 12.8. The van der Waals surface area contributed by atoms with Crippen molar-refractivity contribution >= 4 is 6.03 Å². The standard InChI is InChI=1S/C17H21N3O2/c1-13(21)12-20(2)17(22)19-16(14-8-4-3-5-9-14)15-10-6-7-11-18-15/h3-11,13,16,21H,12H2,1-2H3,(H,19,22). The molecule has 2 rings (SSSR count). The molecule has 2 unspecified atom stereocenters. The van der Waals surface area contributed by atoms with E-state index in [0.717, 1.165) is 11.3 Å². The van der Waals surface area contributed by atoms with Crippen molar-refractivity contribution in [1.29, 1.82) is 0 Å². The van der Waals surface area contributed by atoms with Gasteiger partial charge in [0.05, 0.1) is 17.8 Å². The second kappa shape index (κ2) is 7.56. The summed E-state index contributed by atoms with van der Waals surface area (Å²) < 4.78 is 0. The number of carbonyl (C=O) groups is 1. The van der Waals surface area contributed by atoms with Crippen molar-refractivity contribution in [2.45, 2.75) is 19.1 Å². The molecule has 0 radical (unpaired) electrons. The number of likely N-dealkylation sites (N-methyl/N-ethyl adjacent to an activating group) is 1. The molecule has 22 heavy (non-hydrogen) atoms. The zero-order chi connectivity index (χ0) is 15.9. The van der Waals surface area contributed by atoms with Crippen LogP contribution in [-0.4, -0.2) is 40.7 Å². The SMILES string of the molecule is CC(O)CN(C)C(=O)NC(c1ccccc1)c1ccccn1. The molecule has 1 aromatic carbocycles. The normalized spacial score (nSPS) is 13.2. The summed E-state index contributed by atoms with van der Waals surface area (Å²) in [6.07, 6.45) is 1.14. The lowest BCUT2D eigenvalue weighted by Gasteiger charge is -2.24. The molecule has 5 heteroatoms. The monoisotopic (exact) mass is 299 g/mol. The third-order valence-corrected chi connectivity index (χ3v) is 3.27. The van der Waals surface area contributed by atoms with Gasteiger partial charge in [-0.1, -0.05) is 36.4 Å². The van der Waals surface area contributed by atoms with Gasteiger partial charge in [0.1, 0.15) is 0 Å². The van der Waals surface area contributed by atoms with Gasteiger partial charge >= 0.3 is 6.03 Å². The smallest absolute Gasteiger partial charge is 0.318 e. The average Bonchev–Trinajstić information content (AvgIpc) is 2.53. The second-order valence-corrected chi connectivity index (χ2v) is 5.28. The van der Waals surface area contributed by atoms with E-state index in [2.05, 4.69) is 10.3 Å². The average molecular weight is 299 g/mol. The van der Waals surface area contributed by atoms with Gasteiger partial charge in [0.15, 0.2) is 0 Å². The summed E-state index contributed by atoms with van der Waals surface area (Å²) in [5.41, 5.74) is 1.73. The highest BCUT2D eigenvalue weighted by atomic mass is 16.3. The molecule has 0 aliphatic heterocycles. The number of nitrogens with zero attached hydrogens (tertiary/aromatic N) is 2. The first kappa shape index (κ1) is 16.0. The van der Waals surface area contributed by atoms with Crippen molar-refractivity contribution in [3.63, 3.8) is 0 Å². The minimum absolute atomic E-state index is 0.250. The van der Waals surface area contributed by atoms with Crippen molar-refractivity contribution < 1.29 is 9.90 Å². The number of pyridine rings is 1. The fourth-order valence-corrected chi connectivity index (χ4v) is 2.23. The molecule has 0 spiro atoms. The first-order valence-electron chi connectivity index (χ1n) is 7.23. The number of hydrogen-bond acceptors (Lipinski definition) is 3. The summed E-state index contributed by atoms with van der Waals surface area (Å²) >= 11 is 0. The van der Waals surface area contributed by atoms with Crippen molar-refractivity contribution in [1.82, 2.24) is 15.2 Å². The molecule has 0 saturated heterocycles. The lowest BCUT2D eigenvalue weighted by Crippen LogP contribution is -2.42. The Morgan fingerprint density at radius 2 is 1.91 bits per heavy atom. The summed E-state index contributed by atoms with van der Waals surface area (Å²) in [4.78, 5) is 18.1. The van der Waals surface area contributed by atoms with Crippen LogP contribution in [0.5, 0.6) is 0 Å². The third kappa shape index (κ3) is 4.30.